The molecular weight excluding hydrogens is 376 g/mol. The van der Waals surface area contributed by atoms with Crippen LogP contribution in [0.3, 0.4) is 0 Å². The Morgan fingerprint density at radius 3 is 2.68 bits per heavy atom. The molecule has 1 aromatic heterocycles. The molecule has 4 N–H and O–H groups in total. The summed E-state index contributed by atoms with van der Waals surface area (Å²) < 4.78 is 0. The third-order valence-electron chi connectivity index (χ3n) is 5.33. The second kappa shape index (κ2) is 8.20. The summed E-state index contributed by atoms with van der Waals surface area (Å²) in [6.07, 6.45) is 4.22. The Hall–Kier alpha value is -2.57. The van der Waals surface area contributed by atoms with Crippen LogP contribution in [0.25, 0.3) is 10.9 Å². The molecule has 28 heavy (non-hydrogen) atoms. The van der Waals surface area contributed by atoms with Crippen LogP contribution in [0.15, 0.2) is 48.7 Å². The van der Waals surface area contributed by atoms with Crippen LogP contribution in [0.4, 0.5) is 5.69 Å². The topological polar surface area (TPSA) is 90.0 Å². The van der Waals surface area contributed by atoms with Crippen LogP contribution in [-0.4, -0.2) is 33.3 Å². The van der Waals surface area contributed by atoms with E-state index in [1.165, 1.54) is 0 Å². The van der Waals surface area contributed by atoms with Gasteiger partial charge in [-0.15, -0.1) is 0 Å². The summed E-state index contributed by atoms with van der Waals surface area (Å²) in [6, 6.07) is 13.5. The van der Waals surface area contributed by atoms with Crippen LogP contribution in [0.1, 0.15) is 37.4 Å². The fourth-order valence-electron chi connectivity index (χ4n) is 3.77. The number of hydrogen-bond donors (Lipinski definition) is 4. The zero-order chi connectivity index (χ0) is 19.5. The first-order chi connectivity index (χ1) is 13.6. The smallest absolute Gasteiger partial charge is 0.253 e. The molecule has 0 saturated heterocycles. The molecule has 1 saturated carbocycles. The molecule has 1 fully saturated rings. The van der Waals surface area contributed by atoms with Crippen molar-refractivity contribution in [3.63, 3.8) is 0 Å². The van der Waals surface area contributed by atoms with Gasteiger partial charge in [-0.05, 0) is 49.9 Å². The van der Waals surface area contributed by atoms with Crippen molar-refractivity contribution in [1.82, 2.24) is 15.5 Å². The molecule has 0 unspecified atom stereocenters. The molecule has 1 atom stereocenters. The van der Waals surface area contributed by atoms with Crippen molar-refractivity contribution in [2.45, 2.75) is 43.9 Å². The fraction of sp³-hybridized carbons (Fsp3) is 0.333. The number of aromatic amines is 1. The number of nitrogens with zero attached hydrogens (tertiary/aromatic N) is 1. The highest BCUT2D eigenvalue weighted by Gasteiger charge is 2.26. The molecule has 6 nitrogen and oxygen atoms in total. The Morgan fingerprint density at radius 1 is 1.14 bits per heavy atom. The predicted molar refractivity (Wildman–Crippen MR) is 110 cm³/mol. The van der Waals surface area contributed by atoms with Gasteiger partial charge in [-0.3, -0.25) is 9.89 Å². The van der Waals surface area contributed by atoms with Crippen molar-refractivity contribution >= 4 is 34.1 Å². The number of anilines is 1. The van der Waals surface area contributed by atoms with E-state index in [4.69, 9.17) is 11.6 Å². The normalized spacial score (nSPS) is 20.6. The molecule has 2 aromatic carbocycles. The van der Waals surface area contributed by atoms with Crippen molar-refractivity contribution in [3.8, 4) is 0 Å². The average molecular weight is 399 g/mol. The van der Waals surface area contributed by atoms with Gasteiger partial charge in [0.2, 0.25) is 0 Å². The van der Waals surface area contributed by atoms with Gasteiger partial charge in [-0.2, -0.15) is 5.10 Å². The molecule has 7 heteroatoms. The molecule has 0 radical (unpaired) electrons. The average Bonchev–Trinajstić information content (AvgIpc) is 3.17. The predicted octanol–water partition coefficient (Wildman–Crippen LogP) is 3.79. The summed E-state index contributed by atoms with van der Waals surface area (Å²) in [6.45, 7) is 0. The first kappa shape index (κ1) is 18.8. The van der Waals surface area contributed by atoms with Crippen molar-refractivity contribution in [1.29, 1.82) is 0 Å². The quantitative estimate of drug-likeness (QED) is 0.526. The number of carbonyl (C=O) groups is 1. The SMILES string of the molecule is O=C(NC1CCC(Nc2ccc3[nH]ncc3c2)CC1)[C@@H](O)c1ccccc1Cl. The van der Waals surface area contributed by atoms with E-state index in [0.29, 0.717) is 16.6 Å². The third-order valence-corrected chi connectivity index (χ3v) is 5.68. The zero-order valence-corrected chi connectivity index (χ0v) is 16.1. The molecule has 1 amide bonds. The molecule has 0 bridgehead atoms. The lowest BCUT2D eigenvalue weighted by atomic mass is 9.90. The van der Waals surface area contributed by atoms with Gasteiger partial charge in [-0.25, -0.2) is 0 Å². The summed E-state index contributed by atoms with van der Waals surface area (Å²) in [4.78, 5) is 12.4. The third kappa shape index (κ3) is 4.13. The van der Waals surface area contributed by atoms with Gasteiger partial charge >= 0.3 is 0 Å². The lowest BCUT2D eigenvalue weighted by Gasteiger charge is -2.31. The largest absolute Gasteiger partial charge is 0.382 e. The molecule has 0 spiro atoms. The second-order valence-electron chi connectivity index (χ2n) is 7.30. The number of aliphatic hydroxyl groups excluding tert-OH is 1. The number of rotatable bonds is 5. The van der Waals surface area contributed by atoms with Gasteiger partial charge < -0.3 is 15.7 Å². The van der Waals surface area contributed by atoms with Gasteiger partial charge in [0.25, 0.3) is 5.91 Å². The van der Waals surface area contributed by atoms with Gasteiger partial charge in [0, 0.05) is 33.7 Å². The Morgan fingerprint density at radius 2 is 1.89 bits per heavy atom. The van der Waals surface area contributed by atoms with E-state index in [2.05, 4.69) is 26.9 Å². The van der Waals surface area contributed by atoms with Crippen LogP contribution in [0.2, 0.25) is 5.02 Å². The lowest BCUT2D eigenvalue weighted by molar-refractivity contribution is -0.130. The van der Waals surface area contributed by atoms with Gasteiger partial charge in [0.15, 0.2) is 6.10 Å². The number of H-pyrrole nitrogens is 1. The van der Waals surface area contributed by atoms with E-state index in [0.717, 1.165) is 42.3 Å². The fourth-order valence-corrected chi connectivity index (χ4v) is 4.01. The van der Waals surface area contributed by atoms with E-state index in [9.17, 15) is 9.90 Å². The number of aromatic nitrogens is 2. The maximum absolute atomic E-state index is 12.4. The Bertz CT molecular complexity index is 966. The minimum Gasteiger partial charge on any atom is -0.382 e. The monoisotopic (exact) mass is 398 g/mol. The molecule has 4 rings (SSSR count). The second-order valence-corrected chi connectivity index (χ2v) is 7.70. The number of carbonyl (C=O) groups excluding carboxylic acids is 1. The Kier molecular flexibility index (Phi) is 5.50. The van der Waals surface area contributed by atoms with E-state index < -0.39 is 12.0 Å². The first-order valence-corrected chi connectivity index (χ1v) is 9.90. The number of aliphatic hydroxyl groups is 1. The van der Waals surface area contributed by atoms with E-state index in [-0.39, 0.29) is 6.04 Å². The highest BCUT2D eigenvalue weighted by molar-refractivity contribution is 6.31. The van der Waals surface area contributed by atoms with E-state index in [1.807, 2.05) is 18.3 Å². The van der Waals surface area contributed by atoms with Crippen molar-refractivity contribution in [3.05, 3.63) is 59.2 Å². The summed E-state index contributed by atoms with van der Waals surface area (Å²) in [5.74, 6) is -0.394. The number of amides is 1. The molecule has 0 aliphatic heterocycles. The Labute approximate surface area is 168 Å². The minimum absolute atomic E-state index is 0.0686. The van der Waals surface area contributed by atoms with E-state index in [1.54, 1.807) is 24.3 Å². The summed E-state index contributed by atoms with van der Waals surface area (Å²) in [7, 11) is 0. The highest BCUT2D eigenvalue weighted by Crippen LogP contribution is 2.26. The molecular formula is C21H23ClN4O2. The maximum atomic E-state index is 12.4. The van der Waals surface area contributed by atoms with Gasteiger partial charge in [-0.1, -0.05) is 29.8 Å². The molecule has 3 aromatic rings. The van der Waals surface area contributed by atoms with Gasteiger partial charge in [0.1, 0.15) is 0 Å². The summed E-state index contributed by atoms with van der Waals surface area (Å²) in [5.41, 5.74) is 2.54. The van der Waals surface area contributed by atoms with Crippen LogP contribution in [0, 0.1) is 0 Å². The molecule has 1 aliphatic rings. The van der Waals surface area contributed by atoms with E-state index >= 15 is 0 Å². The van der Waals surface area contributed by atoms with Crippen molar-refractivity contribution < 1.29 is 9.90 Å². The highest BCUT2D eigenvalue weighted by atomic mass is 35.5. The number of benzene rings is 2. The van der Waals surface area contributed by atoms with Crippen molar-refractivity contribution in [2.24, 2.45) is 0 Å². The van der Waals surface area contributed by atoms with Crippen LogP contribution < -0.4 is 10.6 Å². The number of halogens is 1. The molecule has 1 aliphatic carbocycles. The number of nitrogens with one attached hydrogen (secondary N) is 3. The van der Waals surface area contributed by atoms with Gasteiger partial charge in [0.05, 0.1) is 11.7 Å². The molecule has 1 heterocycles. The van der Waals surface area contributed by atoms with Crippen LogP contribution >= 0.6 is 11.6 Å². The number of hydrogen-bond acceptors (Lipinski definition) is 4. The zero-order valence-electron chi connectivity index (χ0n) is 15.4. The Balaban J connectivity index is 1.29. The molecule has 146 valence electrons. The standard InChI is InChI=1S/C21H23ClN4O2/c22-18-4-2-1-3-17(18)20(27)21(28)25-15-7-5-14(6-8-15)24-16-9-10-19-13(11-16)12-23-26-19/h1-4,9-12,14-15,20,24,27H,5-8H2,(H,23,26)(H,25,28)/t14?,15?,20-/m0/s1. The summed E-state index contributed by atoms with van der Waals surface area (Å²) >= 11 is 6.08. The minimum atomic E-state index is -1.24. The number of fused-ring (bicyclic) bond motifs is 1. The van der Waals surface area contributed by atoms with Crippen molar-refractivity contribution in [2.75, 3.05) is 5.32 Å². The lowest BCUT2D eigenvalue weighted by Crippen LogP contribution is -2.42. The summed E-state index contributed by atoms with van der Waals surface area (Å²) in [5, 5.41) is 25.3. The van der Waals surface area contributed by atoms with Crippen LogP contribution in [-0.2, 0) is 4.79 Å². The maximum Gasteiger partial charge on any atom is 0.253 e. The first-order valence-electron chi connectivity index (χ1n) is 9.52. The van der Waals surface area contributed by atoms with Crippen LogP contribution in [0.5, 0.6) is 0 Å².